The van der Waals surface area contributed by atoms with Crippen LogP contribution in [0.15, 0.2) is 18.2 Å². The van der Waals surface area contributed by atoms with Gasteiger partial charge in [-0.1, -0.05) is 0 Å². The number of carbonyl (C=O) groups excluding carboxylic acids is 1. The summed E-state index contributed by atoms with van der Waals surface area (Å²) in [7, 11) is 0. The van der Waals surface area contributed by atoms with Crippen molar-refractivity contribution in [3.8, 4) is 0 Å². The summed E-state index contributed by atoms with van der Waals surface area (Å²) in [5, 5.41) is 2.14. The smallest absolute Gasteiger partial charge is 0.351 e. The van der Waals surface area contributed by atoms with E-state index in [0.717, 1.165) is 17.4 Å². The molecule has 13 heteroatoms. The van der Waals surface area contributed by atoms with Gasteiger partial charge in [0.25, 0.3) is 0 Å². The minimum Gasteiger partial charge on any atom is -0.351 e. The second-order valence-corrected chi connectivity index (χ2v) is 6.90. The highest BCUT2D eigenvalue weighted by Gasteiger charge is 2.37. The summed E-state index contributed by atoms with van der Waals surface area (Å²) in [5.74, 6) is 0.697. The van der Waals surface area contributed by atoms with Crippen LogP contribution in [0.25, 0.3) is 0 Å². The van der Waals surface area contributed by atoms with Gasteiger partial charge in [-0.3, -0.25) is 0 Å². The highest BCUT2D eigenvalue weighted by Crippen LogP contribution is 2.37. The number of nitrogens with zero attached hydrogens (tertiary/aromatic N) is 4. The average Bonchev–Trinajstić information content (AvgIpc) is 3.06. The Morgan fingerprint density at radius 2 is 1.52 bits per heavy atom. The van der Waals surface area contributed by atoms with E-state index >= 15 is 0 Å². The first-order valence-corrected chi connectivity index (χ1v) is 9.07. The summed E-state index contributed by atoms with van der Waals surface area (Å²) in [4.78, 5) is 15.6. The number of hydrogen-bond donors (Lipinski definition) is 1. The zero-order valence-electron chi connectivity index (χ0n) is 14.9. The van der Waals surface area contributed by atoms with Gasteiger partial charge in [0, 0.05) is 31.9 Å². The molecule has 1 saturated heterocycles. The van der Waals surface area contributed by atoms with E-state index in [1.165, 1.54) is 4.90 Å². The number of halogens is 6. The van der Waals surface area contributed by atoms with Gasteiger partial charge in [-0.15, -0.1) is 0 Å². The van der Waals surface area contributed by atoms with Gasteiger partial charge in [0.1, 0.15) is 0 Å². The number of amides is 2. The number of aryl methyl sites for hydroxylation is 1. The Hall–Kier alpha value is -2.57. The standard InChI is InChI=1S/C16H15F6N5OS/c1-9-13(25-29-24-9)26-2-4-27(5-3-26)14(28)23-12-7-10(15(17,18)19)6-11(8-12)16(20,21)22/h6-8H,2-5H2,1H3,(H,23,28). The quantitative estimate of drug-likeness (QED) is 0.712. The molecule has 0 atom stereocenters. The van der Waals surface area contributed by atoms with Crippen molar-refractivity contribution in [2.75, 3.05) is 36.4 Å². The van der Waals surface area contributed by atoms with Crippen molar-refractivity contribution < 1.29 is 31.1 Å². The number of urea groups is 1. The molecule has 6 nitrogen and oxygen atoms in total. The Bertz CT molecular complexity index is 856. The molecule has 2 amide bonds. The van der Waals surface area contributed by atoms with Crippen LogP contribution in [-0.4, -0.2) is 45.9 Å². The maximum absolute atomic E-state index is 12.9. The third-order valence-electron chi connectivity index (χ3n) is 4.33. The fourth-order valence-corrected chi connectivity index (χ4v) is 3.43. The van der Waals surface area contributed by atoms with E-state index < -0.39 is 35.2 Å². The summed E-state index contributed by atoms with van der Waals surface area (Å²) in [5.41, 5.74) is -2.80. The SMILES string of the molecule is Cc1nsnc1N1CCN(C(=O)Nc2cc(C(F)(F)F)cc(C(F)(F)F)c2)CC1. The molecule has 1 fully saturated rings. The largest absolute Gasteiger partial charge is 0.416 e. The molecule has 3 rings (SSSR count). The molecule has 1 aliphatic rings. The monoisotopic (exact) mass is 439 g/mol. The van der Waals surface area contributed by atoms with Crippen LogP contribution in [0.4, 0.5) is 42.6 Å². The molecule has 0 bridgehead atoms. The number of aromatic nitrogens is 2. The van der Waals surface area contributed by atoms with Crippen LogP contribution in [0.5, 0.6) is 0 Å². The van der Waals surface area contributed by atoms with Crippen LogP contribution in [-0.2, 0) is 12.4 Å². The number of carbonyl (C=O) groups is 1. The highest BCUT2D eigenvalue weighted by atomic mass is 32.1. The molecule has 0 aliphatic carbocycles. The number of hydrogen-bond acceptors (Lipinski definition) is 5. The molecule has 0 radical (unpaired) electrons. The van der Waals surface area contributed by atoms with Crippen molar-refractivity contribution in [2.45, 2.75) is 19.3 Å². The second kappa shape index (κ2) is 7.69. The van der Waals surface area contributed by atoms with Crippen molar-refractivity contribution in [1.82, 2.24) is 13.6 Å². The van der Waals surface area contributed by atoms with Crippen LogP contribution < -0.4 is 10.2 Å². The summed E-state index contributed by atoms with van der Waals surface area (Å²) < 4.78 is 85.8. The lowest BCUT2D eigenvalue weighted by atomic mass is 10.1. The Morgan fingerprint density at radius 3 is 1.97 bits per heavy atom. The molecule has 0 saturated carbocycles. The molecular weight excluding hydrogens is 424 g/mol. The zero-order valence-corrected chi connectivity index (χ0v) is 15.8. The number of rotatable bonds is 2. The minimum absolute atomic E-state index is 0.0126. The van der Waals surface area contributed by atoms with Gasteiger partial charge in [-0.05, 0) is 25.1 Å². The van der Waals surface area contributed by atoms with Crippen molar-refractivity contribution >= 4 is 29.3 Å². The van der Waals surface area contributed by atoms with Crippen LogP contribution in [0, 0.1) is 6.92 Å². The number of alkyl halides is 6. The molecule has 1 aliphatic heterocycles. The molecule has 2 aromatic rings. The first-order chi connectivity index (χ1) is 13.4. The maximum Gasteiger partial charge on any atom is 0.416 e. The Morgan fingerprint density at radius 1 is 0.966 bits per heavy atom. The lowest BCUT2D eigenvalue weighted by Crippen LogP contribution is -2.50. The van der Waals surface area contributed by atoms with Gasteiger partial charge in [-0.2, -0.15) is 35.1 Å². The van der Waals surface area contributed by atoms with Gasteiger partial charge in [-0.25, -0.2) is 4.79 Å². The van der Waals surface area contributed by atoms with E-state index in [-0.39, 0.29) is 19.2 Å². The van der Waals surface area contributed by atoms with Crippen LogP contribution >= 0.6 is 11.7 Å². The van der Waals surface area contributed by atoms with Gasteiger partial charge in [0.15, 0.2) is 5.82 Å². The molecular formula is C16H15F6N5OS. The molecule has 1 N–H and O–H groups in total. The normalized spacial score (nSPS) is 15.6. The second-order valence-electron chi connectivity index (χ2n) is 6.37. The van der Waals surface area contributed by atoms with E-state index in [2.05, 4.69) is 14.1 Å². The van der Waals surface area contributed by atoms with E-state index in [9.17, 15) is 31.1 Å². The molecule has 2 heterocycles. The number of piperazine rings is 1. The van der Waals surface area contributed by atoms with Crippen molar-refractivity contribution in [3.05, 3.63) is 35.0 Å². The summed E-state index contributed by atoms with van der Waals surface area (Å²) in [6.07, 6.45) is -9.96. The van der Waals surface area contributed by atoms with Gasteiger partial charge in [0.2, 0.25) is 0 Å². The van der Waals surface area contributed by atoms with E-state index in [4.69, 9.17) is 0 Å². The fourth-order valence-electron chi connectivity index (χ4n) is 2.86. The van der Waals surface area contributed by atoms with Crippen molar-refractivity contribution in [1.29, 1.82) is 0 Å². The topological polar surface area (TPSA) is 61.4 Å². The van der Waals surface area contributed by atoms with Crippen LogP contribution in [0.3, 0.4) is 0 Å². The van der Waals surface area contributed by atoms with E-state index in [1.54, 1.807) is 6.92 Å². The highest BCUT2D eigenvalue weighted by molar-refractivity contribution is 6.99. The summed E-state index contributed by atoms with van der Waals surface area (Å²) in [6.45, 7) is 3.08. The zero-order chi connectivity index (χ0) is 21.4. The number of anilines is 2. The average molecular weight is 439 g/mol. The summed E-state index contributed by atoms with van der Waals surface area (Å²) in [6, 6.07) is 0.199. The first-order valence-electron chi connectivity index (χ1n) is 8.34. The van der Waals surface area contributed by atoms with Crippen molar-refractivity contribution in [3.63, 3.8) is 0 Å². The Labute approximate surface area is 165 Å². The predicted octanol–water partition coefficient (Wildman–Crippen LogP) is 4.24. The van der Waals surface area contributed by atoms with E-state index in [1.807, 2.05) is 4.90 Å². The molecule has 29 heavy (non-hydrogen) atoms. The van der Waals surface area contributed by atoms with Gasteiger partial charge in [0.05, 0.1) is 28.5 Å². The Balaban J connectivity index is 1.71. The molecule has 0 unspecified atom stereocenters. The van der Waals surface area contributed by atoms with E-state index in [0.29, 0.717) is 31.0 Å². The van der Waals surface area contributed by atoms with Crippen LogP contribution in [0.2, 0.25) is 0 Å². The fraction of sp³-hybridized carbons (Fsp3) is 0.438. The maximum atomic E-state index is 12.9. The third kappa shape index (κ3) is 4.89. The lowest BCUT2D eigenvalue weighted by Gasteiger charge is -2.35. The van der Waals surface area contributed by atoms with Crippen molar-refractivity contribution in [2.24, 2.45) is 0 Å². The Kier molecular flexibility index (Phi) is 5.61. The molecule has 158 valence electrons. The first kappa shape index (κ1) is 21.1. The summed E-state index contributed by atoms with van der Waals surface area (Å²) >= 11 is 1.06. The third-order valence-corrected chi connectivity index (χ3v) is 4.94. The predicted molar refractivity (Wildman–Crippen MR) is 93.9 cm³/mol. The number of nitrogens with one attached hydrogen (secondary N) is 1. The van der Waals surface area contributed by atoms with Crippen LogP contribution in [0.1, 0.15) is 16.8 Å². The van der Waals surface area contributed by atoms with Gasteiger partial charge >= 0.3 is 18.4 Å². The number of benzene rings is 1. The minimum atomic E-state index is -4.98. The van der Waals surface area contributed by atoms with Gasteiger partial charge < -0.3 is 15.1 Å². The lowest BCUT2D eigenvalue weighted by molar-refractivity contribution is -0.143. The molecule has 1 aromatic heterocycles. The molecule has 0 spiro atoms. The molecule has 1 aromatic carbocycles.